The summed E-state index contributed by atoms with van der Waals surface area (Å²) in [5, 5.41) is 3.24. The summed E-state index contributed by atoms with van der Waals surface area (Å²) in [5.74, 6) is 1.05. The highest BCUT2D eigenvalue weighted by Crippen LogP contribution is 2.17. The highest BCUT2D eigenvalue weighted by atomic mass is 15.1. The predicted octanol–water partition coefficient (Wildman–Crippen LogP) is 2.54. The topological polar surface area (TPSA) is 63.8 Å². The molecule has 0 saturated carbocycles. The van der Waals surface area contributed by atoms with Gasteiger partial charge >= 0.3 is 0 Å². The molecule has 4 heteroatoms. The quantitative estimate of drug-likeness (QED) is 0.847. The van der Waals surface area contributed by atoms with E-state index in [1.807, 2.05) is 25.1 Å². The molecular weight excluding hydrogens is 212 g/mol. The van der Waals surface area contributed by atoms with Crippen molar-refractivity contribution in [1.29, 1.82) is 0 Å². The van der Waals surface area contributed by atoms with Crippen LogP contribution in [0.3, 0.4) is 0 Å². The summed E-state index contributed by atoms with van der Waals surface area (Å²) in [6, 6.07) is 12.1. The first-order chi connectivity index (χ1) is 8.15. The maximum atomic E-state index is 5.68. The van der Waals surface area contributed by atoms with Gasteiger partial charge in [-0.05, 0) is 19.4 Å². The van der Waals surface area contributed by atoms with E-state index >= 15 is 0 Å². The van der Waals surface area contributed by atoms with Gasteiger partial charge in [-0.15, -0.1) is 0 Å². The average Bonchev–Trinajstić information content (AvgIpc) is 2.28. The predicted molar refractivity (Wildman–Crippen MR) is 69.7 cm³/mol. The van der Waals surface area contributed by atoms with Crippen molar-refractivity contribution in [3.8, 4) is 0 Å². The lowest BCUT2D eigenvalue weighted by Crippen LogP contribution is -2.10. The van der Waals surface area contributed by atoms with Crippen molar-refractivity contribution in [1.82, 2.24) is 9.97 Å². The van der Waals surface area contributed by atoms with E-state index in [-0.39, 0.29) is 6.04 Å². The van der Waals surface area contributed by atoms with Gasteiger partial charge in [-0.3, -0.25) is 0 Å². The molecule has 0 amide bonds. The highest BCUT2D eigenvalue weighted by molar-refractivity contribution is 5.40. The molecule has 3 N–H and O–H groups in total. The standard InChI is InChI=1S/C13H16N4/c1-9-8-12(14)17-13(15-9)16-10(2)11-6-4-3-5-7-11/h3-8,10H,1-2H3,(H3,14,15,16,17)/t10-/m0/s1. The van der Waals surface area contributed by atoms with Gasteiger partial charge < -0.3 is 11.1 Å². The number of aryl methyl sites for hydroxylation is 1. The monoisotopic (exact) mass is 228 g/mol. The van der Waals surface area contributed by atoms with Crippen molar-refractivity contribution < 1.29 is 0 Å². The van der Waals surface area contributed by atoms with Gasteiger partial charge in [0.05, 0.1) is 6.04 Å². The highest BCUT2D eigenvalue weighted by Gasteiger charge is 2.07. The normalized spacial score (nSPS) is 12.1. The van der Waals surface area contributed by atoms with Crippen LogP contribution in [0.25, 0.3) is 0 Å². The molecule has 88 valence electrons. The Labute approximate surface area is 101 Å². The first-order valence-electron chi connectivity index (χ1n) is 5.58. The Morgan fingerprint density at radius 1 is 1.18 bits per heavy atom. The summed E-state index contributed by atoms with van der Waals surface area (Å²) < 4.78 is 0. The molecule has 0 fully saturated rings. The minimum atomic E-state index is 0.150. The molecule has 1 heterocycles. The van der Waals surface area contributed by atoms with E-state index in [4.69, 9.17) is 5.73 Å². The second-order valence-corrected chi connectivity index (χ2v) is 4.03. The number of anilines is 2. The third-order valence-electron chi connectivity index (χ3n) is 2.52. The van der Waals surface area contributed by atoms with Gasteiger partial charge in [0.15, 0.2) is 0 Å². The van der Waals surface area contributed by atoms with Crippen LogP contribution >= 0.6 is 0 Å². The number of nitrogens with two attached hydrogens (primary N) is 1. The summed E-state index contributed by atoms with van der Waals surface area (Å²) in [6.45, 7) is 3.97. The van der Waals surface area contributed by atoms with Crippen LogP contribution in [0, 0.1) is 6.92 Å². The number of nitrogen functional groups attached to an aromatic ring is 1. The van der Waals surface area contributed by atoms with Crippen LogP contribution in [0.1, 0.15) is 24.2 Å². The number of rotatable bonds is 3. The molecule has 1 aromatic carbocycles. The van der Waals surface area contributed by atoms with Gasteiger partial charge in [-0.2, -0.15) is 4.98 Å². The molecule has 0 unspecified atom stereocenters. The summed E-state index contributed by atoms with van der Waals surface area (Å²) in [5.41, 5.74) is 7.73. The van der Waals surface area contributed by atoms with Gasteiger partial charge in [0, 0.05) is 11.8 Å². The lowest BCUT2D eigenvalue weighted by atomic mass is 10.1. The summed E-state index contributed by atoms with van der Waals surface area (Å²) in [4.78, 5) is 8.45. The van der Waals surface area contributed by atoms with E-state index in [9.17, 15) is 0 Å². The fraction of sp³-hybridized carbons (Fsp3) is 0.231. The van der Waals surface area contributed by atoms with Gasteiger partial charge in [-0.1, -0.05) is 30.3 Å². The number of nitrogens with one attached hydrogen (secondary N) is 1. The molecule has 17 heavy (non-hydrogen) atoms. The third kappa shape index (κ3) is 2.93. The molecule has 4 nitrogen and oxygen atoms in total. The molecule has 1 atom stereocenters. The zero-order chi connectivity index (χ0) is 12.3. The van der Waals surface area contributed by atoms with E-state index in [0.717, 1.165) is 5.69 Å². The van der Waals surface area contributed by atoms with Gasteiger partial charge in [-0.25, -0.2) is 4.98 Å². The van der Waals surface area contributed by atoms with E-state index in [2.05, 4.69) is 34.3 Å². The molecule has 1 aromatic heterocycles. The van der Waals surface area contributed by atoms with Crippen LogP contribution in [0.4, 0.5) is 11.8 Å². The Morgan fingerprint density at radius 3 is 2.53 bits per heavy atom. The molecule has 0 radical (unpaired) electrons. The van der Waals surface area contributed by atoms with E-state index < -0.39 is 0 Å². The third-order valence-corrected chi connectivity index (χ3v) is 2.52. The molecule has 0 aliphatic rings. The van der Waals surface area contributed by atoms with Crippen LogP contribution in [0.5, 0.6) is 0 Å². The summed E-state index contributed by atoms with van der Waals surface area (Å²) >= 11 is 0. The van der Waals surface area contributed by atoms with Crippen molar-refractivity contribution in [2.75, 3.05) is 11.1 Å². The number of nitrogens with zero attached hydrogens (tertiary/aromatic N) is 2. The molecular formula is C13H16N4. The number of benzene rings is 1. The van der Waals surface area contributed by atoms with E-state index in [0.29, 0.717) is 11.8 Å². The number of hydrogen-bond donors (Lipinski definition) is 2. The Morgan fingerprint density at radius 2 is 1.88 bits per heavy atom. The molecule has 0 saturated heterocycles. The van der Waals surface area contributed by atoms with Crippen molar-refractivity contribution >= 4 is 11.8 Å². The second kappa shape index (κ2) is 4.82. The van der Waals surface area contributed by atoms with Crippen LogP contribution in [0.15, 0.2) is 36.4 Å². The van der Waals surface area contributed by atoms with Gasteiger partial charge in [0.2, 0.25) is 5.95 Å². The van der Waals surface area contributed by atoms with Crippen LogP contribution in [0.2, 0.25) is 0 Å². The number of aromatic nitrogens is 2. The first kappa shape index (κ1) is 11.4. The van der Waals surface area contributed by atoms with Crippen LogP contribution in [-0.2, 0) is 0 Å². The van der Waals surface area contributed by atoms with Crippen molar-refractivity contribution in [2.24, 2.45) is 0 Å². The maximum absolute atomic E-state index is 5.68. The minimum absolute atomic E-state index is 0.150. The fourth-order valence-corrected chi connectivity index (χ4v) is 1.68. The maximum Gasteiger partial charge on any atom is 0.225 e. The van der Waals surface area contributed by atoms with E-state index in [1.54, 1.807) is 6.07 Å². The smallest absolute Gasteiger partial charge is 0.225 e. The molecule has 2 rings (SSSR count). The van der Waals surface area contributed by atoms with Gasteiger partial charge in [0.25, 0.3) is 0 Å². The van der Waals surface area contributed by atoms with Crippen molar-refractivity contribution in [2.45, 2.75) is 19.9 Å². The Hall–Kier alpha value is -2.10. The second-order valence-electron chi connectivity index (χ2n) is 4.03. The zero-order valence-electron chi connectivity index (χ0n) is 10.0. The summed E-state index contributed by atoms with van der Waals surface area (Å²) in [7, 11) is 0. The SMILES string of the molecule is Cc1cc(N)nc(N[C@@H](C)c2ccccc2)n1. The average molecular weight is 228 g/mol. The largest absolute Gasteiger partial charge is 0.384 e. The molecule has 2 aromatic rings. The lowest BCUT2D eigenvalue weighted by Gasteiger charge is -2.14. The Kier molecular flexibility index (Phi) is 3.23. The number of hydrogen-bond acceptors (Lipinski definition) is 4. The zero-order valence-corrected chi connectivity index (χ0v) is 10.0. The molecule has 0 bridgehead atoms. The fourth-order valence-electron chi connectivity index (χ4n) is 1.68. The minimum Gasteiger partial charge on any atom is -0.384 e. The Bertz CT molecular complexity index is 476. The lowest BCUT2D eigenvalue weighted by molar-refractivity contribution is 0.858. The Balaban J connectivity index is 2.16. The molecule has 0 aliphatic heterocycles. The van der Waals surface area contributed by atoms with Crippen LogP contribution in [-0.4, -0.2) is 9.97 Å². The van der Waals surface area contributed by atoms with Crippen molar-refractivity contribution in [3.63, 3.8) is 0 Å². The molecule has 0 spiro atoms. The molecule has 0 aliphatic carbocycles. The first-order valence-corrected chi connectivity index (χ1v) is 5.58. The summed E-state index contributed by atoms with van der Waals surface area (Å²) in [6.07, 6.45) is 0. The van der Waals surface area contributed by atoms with Crippen LogP contribution < -0.4 is 11.1 Å². The van der Waals surface area contributed by atoms with Gasteiger partial charge in [0.1, 0.15) is 5.82 Å². The van der Waals surface area contributed by atoms with E-state index in [1.165, 1.54) is 5.56 Å². The van der Waals surface area contributed by atoms with Crippen molar-refractivity contribution in [3.05, 3.63) is 47.7 Å².